The lowest BCUT2D eigenvalue weighted by Crippen LogP contribution is -2.15. The van der Waals surface area contributed by atoms with Gasteiger partial charge in [-0.15, -0.1) is 0 Å². The highest BCUT2D eigenvalue weighted by molar-refractivity contribution is 7.92. The van der Waals surface area contributed by atoms with Gasteiger partial charge < -0.3 is 18.9 Å². The number of nitrogens with one attached hydrogen (secondary N) is 1. The molecule has 0 aliphatic heterocycles. The van der Waals surface area contributed by atoms with Crippen molar-refractivity contribution in [3.8, 4) is 23.0 Å². The molecule has 0 aromatic heterocycles. The molecule has 0 bridgehead atoms. The molecule has 3 rings (SSSR count). The molecule has 0 fully saturated rings. The van der Waals surface area contributed by atoms with Crippen molar-refractivity contribution in [3.63, 3.8) is 0 Å². The molecule has 0 saturated heterocycles. The SMILES string of the molecule is COc1ccc(/C=C\c2cc(OC)c(OC)c(OC)c2)c(NS(=O)(=O)c2cccc(Cl)c2)c1F. The highest BCUT2D eigenvalue weighted by atomic mass is 35.5. The van der Waals surface area contributed by atoms with E-state index >= 15 is 4.39 Å². The average molecular weight is 508 g/mol. The first-order chi connectivity index (χ1) is 16.2. The molecule has 180 valence electrons. The molecule has 0 atom stereocenters. The first-order valence-electron chi connectivity index (χ1n) is 9.87. The molecule has 0 unspecified atom stereocenters. The molecule has 0 radical (unpaired) electrons. The van der Waals surface area contributed by atoms with Crippen LogP contribution >= 0.6 is 11.6 Å². The predicted molar refractivity (Wildman–Crippen MR) is 130 cm³/mol. The Morgan fingerprint density at radius 1 is 0.853 bits per heavy atom. The maximum Gasteiger partial charge on any atom is 0.262 e. The minimum absolute atomic E-state index is 0.109. The molecular weight excluding hydrogens is 485 g/mol. The minimum atomic E-state index is -4.14. The highest BCUT2D eigenvalue weighted by Crippen LogP contribution is 2.39. The fourth-order valence-electron chi connectivity index (χ4n) is 3.18. The van der Waals surface area contributed by atoms with Gasteiger partial charge in [0.2, 0.25) is 5.75 Å². The van der Waals surface area contributed by atoms with Crippen LogP contribution in [0.15, 0.2) is 53.4 Å². The third kappa shape index (κ3) is 5.37. The van der Waals surface area contributed by atoms with E-state index in [9.17, 15) is 8.42 Å². The second kappa shape index (κ2) is 10.7. The van der Waals surface area contributed by atoms with Crippen molar-refractivity contribution in [2.45, 2.75) is 4.90 Å². The lowest BCUT2D eigenvalue weighted by molar-refractivity contribution is 0.324. The number of hydrogen-bond donors (Lipinski definition) is 1. The quantitative estimate of drug-likeness (QED) is 0.386. The van der Waals surface area contributed by atoms with Crippen molar-refractivity contribution in [1.29, 1.82) is 0 Å². The summed E-state index contributed by atoms with van der Waals surface area (Å²) in [5.41, 5.74) is 0.634. The van der Waals surface area contributed by atoms with E-state index < -0.39 is 15.8 Å². The molecule has 34 heavy (non-hydrogen) atoms. The smallest absolute Gasteiger partial charge is 0.262 e. The van der Waals surface area contributed by atoms with Crippen LogP contribution in [0.25, 0.3) is 12.2 Å². The summed E-state index contributed by atoms with van der Waals surface area (Å²) >= 11 is 5.93. The van der Waals surface area contributed by atoms with Gasteiger partial charge in [0, 0.05) is 10.6 Å². The minimum Gasteiger partial charge on any atom is -0.494 e. The number of sulfonamides is 1. The first-order valence-corrected chi connectivity index (χ1v) is 11.7. The number of ether oxygens (including phenoxy) is 4. The van der Waals surface area contributed by atoms with Crippen molar-refractivity contribution in [3.05, 3.63) is 70.5 Å². The van der Waals surface area contributed by atoms with Crippen LogP contribution in [-0.2, 0) is 10.0 Å². The summed E-state index contributed by atoms with van der Waals surface area (Å²) in [4.78, 5) is -0.109. The van der Waals surface area contributed by atoms with Gasteiger partial charge in [-0.1, -0.05) is 29.8 Å². The Morgan fingerprint density at radius 3 is 2.06 bits per heavy atom. The van der Waals surface area contributed by atoms with Gasteiger partial charge >= 0.3 is 0 Å². The van der Waals surface area contributed by atoms with Crippen molar-refractivity contribution in [2.24, 2.45) is 0 Å². The maximum absolute atomic E-state index is 15.2. The Bertz CT molecular complexity index is 1300. The van der Waals surface area contributed by atoms with Crippen LogP contribution in [0.5, 0.6) is 23.0 Å². The molecule has 7 nitrogen and oxygen atoms in total. The van der Waals surface area contributed by atoms with Gasteiger partial charge in [-0.3, -0.25) is 4.72 Å². The van der Waals surface area contributed by atoms with Gasteiger partial charge in [-0.25, -0.2) is 12.8 Å². The number of hydrogen-bond acceptors (Lipinski definition) is 6. The third-order valence-electron chi connectivity index (χ3n) is 4.84. The summed E-state index contributed by atoms with van der Waals surface area (Å²) in [5, 5.41) is 0.233. The first kappa shape index (κ1) is 25.2. The van der Waals surface area contributed by atoms with E-state index in [-0.39, 0.29) is 26.9 Å². The van der Waals surface area contributed by atoms with E-state index in [1.807, 2.05) is 0 Å². The van der Waals surface area contributed by atoms with E-state index in [2.05, 4.69) is 4.72 Å². The number of benzene rings is 3. The van der Waals surface area contributed by atoms with Crippen LogP contribution in [0.1, 0.15) is 11.1 Å². The Balaban J connectivity index is 2.07. The highest BCUT2D eigenvalue weighted by Gasteiger charge is 2.21. The summed E-state index contributed by atoms with van der Waals surface area (Å²) in [5.74, 6) is 0.315. The van der Waals surface area contributed by atoms with Crippen molar-refractivity contribution in [2.75, 3.05) is 33.2 Å². The summed E-state index contributed by atoms with van der Waals surface area (Å²) in [6, 6.07) is 12.0. The topological polar surface area (TPSA) is 83.1 Å². The number of methoxy groups -OCH3 is 4. The molecule has 1 N–H and O–H groups in total. The maximum atomic E-state index is 15.2. The molecule has 0 aliphatic rings. The van der Waals surface area contributed by atoms with Gasteiger partial charge in [-0.05, 0) is 48.0 Å². The molecule has 0 amide bonds. The van der Waals surface area contributed by atoms with E-state index in [1.165, 1.54) is 64.8 Å². The van der Waals surface area contributed by atoms with Crippen LogP contribution in [-0.4, -0.2) is 36.9 Å². The third-order valence-corrected chi connectivity index (χ3v) is 6.43. The summed E-state index contributed by atoms with van der Waals surface area (Å²) < 4.78 is 64.4. The van der Waals surface area contributed by atoms with Gasteiger partial charge in [0.15, 0.2) is 23.1 Å². The zero-order valence-corrected chi connectivity index (χ0v) is 20.5. The van der Waals surface area contributed by atoms with Crippen molar-refractivity contribution >= 4 is 39.5 Å². The van der Waals surface area contributed by atoms with E-state index in [0.29, 0.717) is 22.8 Å². The van der Waals surface area contributed by atoms with Crippen LogP contribution in [0.3, 0.4) is 0 Å². The fraction of sp³-hybridized carbons (Fsp3) is 0.167. The Hall–Kier alpha value is -3.43. The molecule has 3 aromatic carbocycles. The van der Waals surface area contributed by atoms with Gasteiger partial charge in [-0.2, -0.15) is 0 Å². The lowest BCUT2D eigenvalue weighted by atomic mass is 10.1. The average Bonchev–Trinajstić information content (AvgIpc) is 2.83. The van der Waals surface area contributed by atoms with Crippen LogP contribution in [0.4, 0.5) is 10.1 Å². The monoisotopic (exact) mass is 507 g/mol. The Morgan fingerprint density at radius 2 is 1.50 bits per heavy atom. The van der Waals surface area contributed by atoms with E-state index in [1.54, 1.807) is 24.3 Å². The number of halogens is 2. The van der Waals surface area contributed by atoms with Crippen molar-refractivity contribution < 1.29 is 31.8 Å². The Labute approximate surface area is 202 Å². The van der Waals surface area contributed by atoms with Crippen LogP contribution < -0.4 is 23.7 Å². The normalized spacial score (nSPS) is 11.4. The Kier molecular flexibility index (Phi) is 7.90. The second-order valence-electron chi connectivity index (χ2n) is 6.90. The predicted octanol–water partition coefficient (Wildman–Crippen LogP) is 5.48. The molecule has 0 heterocycles. The molecule has 0 aliphatic carbocycles. The van der Waals surface area contributed by atoms with Gasteiger partial charge in [0.05, 0.1) is 39.0 Å². The zero-order chi connectivity index (χ0) is 24.9. The second-order valence-corrected chi connectivity index (χ2v) is 9.02. The lowest BCUT2D eigenvalue weighted by Gasteiger charge is -2.15. The van der Waals surface area contributed by atoms with Crippen LogP contribution in [0, 0.1) is 5.82 Å². The molecule has 10 heteroatoms. The van der Waals surface area contributed by atoms with Crippen LogP contribution in [0.2, 0.25) is 5.02 Å². The summed E-state index contributed by atoms with van der Waals surface area (Å²) in [6.07, 6.45) is 3.21. The fourth-order valence-corrected chi connectivity index (χ4v) is 4.57. The van der Waals surface area contributed by atoms with Gasteiger partial charge in [0.1, 0.15) is 0 Å². The van der Waals surface area contributed by atoms with E-state index in [0.717, 1.165) is 0 Å². The number of anilines is 1. The van der Waals surface area contributed by atoms with Gasteiger partial charge in [0.25, 0.3) is 10.0 Å². The molecular formula is C24H23ClFNO6S. The zero-order valence-electron chi connectivity index (χ0n) is 18.9. The summed E-state index contributed by atoms with van der Waals surface area (Å²) in [7, 11) is 1.63. The molecule has 0 saturated carbocycles. The standard InChI is InChI=1S/C24H23ClFNO6S/c1-30-19-11-10-16(9-8-15-12-20(31-2)24(33-4)21(13-15)32-3)23(22(19)26)27-34(28,29)18-7-5-6-17(25)14-18/h5-14,27H,1-4H3/b9-8-. The molecule has 0 spiro atoms. The molecule has 3 aromatic rings. The largest absolute Gasteiger partial charge is 0.494 e. The number of rotatable bonds is 9. The van der Waals surface area contributed by atoms with E-state index in [4.69, 9.17) is 30.5 Å². The summed E-state index contributed by atoms with van der Waals surface area (Å²) in [6.45, 7) is 0. The van der Waals surface area contributed by atoms with Crippen molar-refractivity contribution in [1.82, 2.24) is 0 Å².